The maximum Gasteiger partial charge on any atom is 0.104 e. The first-order valence-electron chi connectivity index (χ1n) is 3.71. The van der Waals surface area contributed by atoms with Crippen LogP contribution in [-0.4, -0.2) is 9.55 Å². The molecule has 0 N–H and O–H groups in total. The van der Waals surface area contributed by atoms with Crippen molar-refractivity contribution >= 4 is 38.5 Å². The van der Waals surface area contributed by atoms with Crippen LogP contribution in [0, 0.1) is 3.70 Å². The second kappa shape index (κ2) is 3.79. The van der Waals surface area contributed by atoms with Crippen LogP contribution in [0.25, 0.3) is 5.69 Å². The van der Waals surface area contributed by atoms with Gasteiger partial charge in [-0.3, -0.25) is 4.57 Å². The van der Waals surface area contributed by atoms with Gasteiger partial charge in [-0.15, -0.1) is 0 Å². The fourth-order valence-corrected chi connectivity index (χ4v) is 2.05. The van der Waals surface area contributed by atoms with Crippen molar-refractivity contribution in [3.8, 4) is 5.69 Å². The zero-order chi connectivity index (χ0) is 9.26. The van der Waals surface area contributed by atoms with Gasteiger partial charge in [-0.05, 0) is 40.8 Å². The number of hydrogen-bond donors (Lipinski definition) is 0. The third-order valence-electron chi connectivity index (χ3n) is 1.68. The molecule has 0 amide bonds. The number of imidazole rings is 1. The molecule has 0 aliphatic rings. The second-order valence-electron chi connectivity index (χ2n) is 2.57. The van der Waals surface area contributed by atoms with E-state index in [0.29, 0.717) is 0 Å². The van der Waals surface area contributed by atoms with Crippen molar-refractivity contribution in [1.82, 2.24) is 9.55 Å². The van der Waals surface area contributed by atoms with Gasteiger partial charge in [0, 0.05) is 10.2 Å². The van der Waals surface area contributed by atoms with Gasteiger partial charge in [-0.2, -0.15) is 0 Å². The van der Waals surface area contributed by atoms with Gasteiger partial charge in [0.1, 0.15) is 10.0 Å². The minimum atomic E-state index is 1.08. The van der Waals surface area contributed by atoms with E-state index in [1.807, 2.05) is 29.2 Å². The van der Waals surface area contributed by atoms with E-state index in [2.05, 4.69) is 55.6 Å². The Balaban J connectivity index is 2.53. The molecule has 0 unspecified atom stereocenters. The van der Waals surface area contributed by atoms with Crippen LogP contribution < -0.4 is 0 Å². The van der Waals surface area contributed by atoms with E-state index in [1.54, 1.807) is 0 Å². The summed E-state index contributed by atoms with van der Waals surface area (Å²) in [5, 5.41) is 0. The Kier molecular flexibility index (Phi) is 2.69. The smallest absolute Gasteiger partial charge is 0.104 e. The van der Waals surface area contributed by atoms with E-state index < -0.39 is 0 Å². The molecule has 0 fully saturated rings. The lowest BCUT2D eigenvalue weighted by Gasteiger charge is -2.03. The normalized spacial score (nSPS) is 10.3. The largest absolute Gasteiger partial charge is 0.294 e. The minimum absolute atomic E-state index is 1.08. The Morgan fingerprint density at radius 1 is 1.38 bits per heavy atom. The molecule has 13 heavy (non-hydrogen) atoms. The molecule has 1 aromatic carbocycles. The topological polar surface area (TPSA) is 17.8 Å². The highest BCUT2D eigenvalue weighted by Gasteiger charge is 2.00. The summed E-state index contributed by atoms with van der Waals surface area (Å²) in [5.41, 5.74) is 1.12. The van der Waals surface area contributed by atoms with Crippen LogP contribution in [0.3, 0.4) is 0 Å². The Labute approximate surface area is 98.3 Å². The van der Waals surface area contributed by atoms with Crippen LogP contribution in [-0.2, 0) is 0 Å². The predicted octanol–water partition coefficient (Wildman–Crippen LogP) is 3.24. The van der Waals surface area contributed by atoms with Crippen molar-refractivity contribution in [2.24, 2.45) is 0 Å². The Morgan fingerprint density at radius 3 is 2.85 bits per heavy atom. The standard InChI is InChI=1S/C9H6BrIN2/c10-7-2-1-3-8(4-7)13-6-12-5-9(13)11/h1-6H. The van der Waals surface area contributed by atoms with Crippen molar-refractivity contribution in [2.45, 2.75) is 0 Å². The summed E-state index contributed by atoms with van der Waals surface area (Å²) in [7, 11) is 0. The maximum absolute atomic E-state index is 4.07. The van der Waals surface area contributed by atoms with E-state index >= 15 is 0 Å². The van der Waals surface area contributed by atoms with Crippen molar-refractivity contribution in [3.05, 3.63) is 45.0 Å². The van der Waals surface area contributed by atoms with Crippen LogP contribution in [0.2, 0.25) is 0 Å². The summed E-state index contributed by atoms with van der Waals surface area (Å²) in [6.07, 6.45) is 3.64. The number of benzene rings is 1. The Hall–Kier alpha value is -0.360. The number of rotatable bonds is 1. The molecule has 0 aliphatic heterocycles. The van der Waals surface area contributed by atoms with Gasteiger partial charge in [0.05, 0.1) is 6.20 Å². The van der Waals surface area contributed by atoms with E-state index in [-0.39, 0.29) is 0 Å². The summed E-state index contributed by atoms with van der Waals surface area (Å²) < 4.78 is 4.22. The van der Waals surface area contributed by atoms with Crippen LogP contribution in [0.1, 0.15) is 0 Å². The average molecular weight is 349 g/mol. The third-order valence-corrected chi connectivity index (χ3v) is 2.97. The average Bonchev–Trinajstić information content (AvgIpc) is 2.51. The molecule has 1 heterocycles. The number of hydrogen-bond acceptors (Lipinski definition) is 1. The molecule has 0 aliphatic carbocycles. The third kappa shape index (κ3) is 1.94. The fourth-order valence-electron chi connectivity index (χ4n) is 1.09. The zero-order valence-electron chi connectivity index (χ0n) is 6.61. The number of halogens is 2. The SMILES string of the molecule is Brc1cccc(-n2cncc2I)c1. The molecule has 0 atom stereocenters. The molecule has 0 spiro atoms. The molecule has 1 aromatic heterocycles. The highest BCUT2D eigenvalue weighted by molar-refractivity contribution is 14.1. The van der Waals surface area contributed by atoms with Crippen LogP contribution in [0.15, 0.2) is 41.3 Å². The number of nitrogens with zero attached hydrogens (tertiary/aromatic N) is 2. The quantitative estimate of drug-likeness (QED) is 0.723. The minimum Gasteiger partial charge on any atom is -0.294 e. The summed E-state index contributed by atoms with van der Waals surface area (Å²) in [4.78, 5) is 4.07. The van der Waals surface area contributed by atoms with E-state index in [9.17, 15) is 0 Å². The van der Waals surface area contributed by atoms with E-state index in [0.717, 1.165) is 13.9 Å². The van der Waals surface area contributed by atoms with Gasteiger partial charge in [-0.1, -0.05) is 22.0 Å². The number of aromatic nitrogens is 2. The van der Waals surface area contributed by atoms with Gasteiger partial charge in [-0.25, -0.2) is 4.98 Å². The highest BCUT2D eigenvalue weighted by atomic mass is 127. The molecule has 2 nitrogen and oxygen atoms in total. The van der Waals surface area contributed by atoms with Gasteiger partial charge in [0.2, 0.25) is 0 Å². The van der Waals surface area contributed by atoms with E-state index in [4.69, 9.17) is 0 Å². The molecular weight excluding hydrogens is 343 g/mol. The van der Waals surface area contributed by atoms with Crippen LogP contribution in [0.5, 0.6) is 0 Å². The first-order valence-corrected chi connectivity index (χ1v) is 5.58. The van der Waals surface area contributed by atoms with E-state index in [1.165, 1.54) is 0 Å². The molecular formula is C9H6BrIN2. The molecule has 0 radical (unpaired) electrons. The van der Waals surface area contributed by atoms with Crippen molar-refractivity contribution in [2.75, 3.05) is 0 Å². The maximum atomic E-state index is 4.07. The predicted molar refractivity (Wildman–Crippen MR) is 64.0 cm³/mol. The van der Waals surface area contributed by atoms with Crippen molar-refractivity contribution in [1.29, 1.82) is 0 Å². The summed E-state index contributed by atoms with van der Waals surface area (Å²) in [6, 6.07) is 8.13. The second-order valence-corrected chi connectivity index (χ2v) is 4.59. The molecule has 66 valence electrons. The molecule has 0 bridgehead atoms. The Bertz CT molecular complexity index is 425. The van der Waals surface area contributed by atoms with Gasteiger partial charge < -0.3 is 0 Å². The lowest BCUT2D eigenvalue weighted by atomic mass is 10.3. The molecule has 0 saturated carbocycles. The summed E-state index contributed by atoms with van der Waals surface area (Å²) in [5.74, 6) is 0. The molecule has 2 rings (SSSR count). The van der Waals surface area contributed by atoms with Crippen molar-refractivity contribution < 1.29 is 0 Å². The van der Waals surface area contributed by atoms with Gasteiger partial charge >= 0.3 is 0 Å². The molecule has 2 aromatic rings. The van der Waals surface area contributed by atoms with Gasteiger partial charge in [0.25, 0.3) is 0 Å². The lowest BCUT2D eigenvalue weighted by Crippen LogP contribution is -1.93. The highest BCUT2D eigenvalue weighted by Crippen LogP contribution is 2.17. The fraction of sp³-hybridized carbons (Fsp3) is 0. The monoisotopic (exact) mass is 348 g/mol. The first-order chi connectivity index (χ1) is 6.27. The van der Waals surface area contributed by atoms with Crippen LogP contribution >= 0.6 is 38.5 Å². The molecule has 0 saturated heterocycles. The summed E-state index contributed by atoms with van der Waals surface area (Å²) >= 11 is 5.69. The van der Waals surface area contributed by atoms with Crippen LogP contribution in [0.4, 0.5) is 0 Å². The Morgan fingerprint density at radius 2 is 2.23 bits per heavy atom. The van der Waals surface area contributed by atoms with Gasteiger partial charge in [0.15, 0.2) is 0 Å². The summed E-state index contributed by atoms with van der Waals surface area (Å²) in [6.45, 7) is 0. The zero-order valence-corrected chi connectivity index (χ0v) is 10.4. The first kappa shape index (κ1) is 9.21. The lowest BCUT2D eigenvalue weighted by molar-refractivity contribution is 1.03. The van der Waals surface area contributed by atoms with Crippen molar-refractivity contribution in [3.63, 3.8) is 0 Å². The molecule has 4 heteroatoms.